The van der Waals surface area contributed by atoms with Crippen LogP contribution in [-0.2, 0) is 45.1 Å². The molecule has 1 amide bonds. The van der Waals surface area contributed by atoms with Crippen molar-refractivity contribution in [2.24, 2.45) is 0 Å². The second-order valence-corrected chi connectivity index (χ2v) is 7.82. The van der Waals surface area contributed by atoms with Crippen LogP contribution in [0.5, 0.6) is 0 Å². The minimum atomic E-state index is -0.225. The normalized spacial score (nSPS) is 15.5. The van der Waals surface area contributed by atoms with Gasteiger partial charge in [0.15, 0.2) is 0 Å². The Kier molecular flexibility index (Phi) is 6.67. The van der Waals surface area contributed by atoms with Gasteiger partial charge in [-0.1, -0.05) is 48.5 Å². The molecular weight excluding hydrogens is 392 g/mol. The lowest BCUT2D eigenvalue weighted by Crippen LogP contribution is -2.40. The Labute approximate surface area is 182 Å². The first-order chi connectivity index (χ1) is 15.2. The lowest BCUT2D eigenvalue weighted by molar-refractivity contribution is -0.143. The van der Waals surface area contributed by atoms with Crippen LogP contribution in [-0.4, -0.2) is 35.7 Å². The molecule has 0 aliphatic heterocycles. The van der Waals surface area contributed by atoms with Crippen molar-refractivity contribution in [1.29, 1.82) is 0 Å². The van der Waals surface area contributed by atoms with Crippen molar-refractivity contribution in [3.8, 4) is 0 Å². The topological polar surface area (TPSA) is 69.6 Å². The number of esters is 1. The molecule has 6 heteroatoms. The van der Waals surface area contributed by atoms with Crippen molar-refractivity contribution in [3.63, 3.8) is 0 Å². The summed E-state index contributed by atoms with van der Waals surface area (Å²) in [4.78, 5) is 24.5. The number of hydrogen-bond donors (Lipinski definition) is 1. The molecule has 2 aromatic carbocycles. The van der Waals surface area contributed by atoms with Gasteiger partial charge in [-0.2, -0.15) is 0 Å². The van der Waals surface area contributed by atoms with E-state index in [0.29, 0.717) is 13.2 Å². The lowest BCUT2D eigenvalue weighted by Gasteiger charge is -2.25. The number of ether oxygens (including phenoxy) is 2. The highest BCUT2D eigenvalue weighted by atomic mass is 16.5. The van der Waals surface area contributed by atoms with E-state index in [9.17, 15) is 9.59 Å². The molecule has 0 bridgehead atoms. The standard InChI is InChI=1S/C25H28N2O4/c1-2-31-25(29)15-27-22-11-7-6-10-20(22)21-14-19(12-13-23(21)27)26-24(28)17-30-16-18-8-4-3-5-9-18/h3-11,19H,2,12-17H2,1H3,(H,26,28)/t19-/m0/s1. The van der Waals surface area contributed by atoms with E-state index >= 15 is 0 Å². The molecular formula is C25H28N2O4. The van der Waals surface area contributed by atoms with Crippen LogP contribution in [0.1, 0.15) is 30.2 Å². The number of amides is 1. The predicted molar refractivity (Wildman–Crippen MR) is 119 cm³/mol. The molecule has 0 unspecified atom stereocenters. The quantitative estimate of drug-likeness (QED) is 0.567. The third-order valence-electron chi connectivity index (χ3n) is 5.68. The van der Waals surface area contributed by atoms with Crippen LogP contribution in [0.25, 0.3) is 10.9 Å². The molecule has 6 nitrogen and oxygen atoms in total. The maximum absolute atomic E-state index is 12.4. The number of rotatable bonds is 8. The molecule has 0 saturated carbocycles. The van der Waals surface area contributed by atoms with Gasteiger partial charge in [-0.05, 0) is 43.4 Å². The van der Waals surface area contributed by atoms with E-state index in [-0.39, 0.29) is 31.1 Å². The number of carbonyl (C=O) groups excluding carboxylic acids is 2. The minimum Gasteiger partial charge on any atom is -0.465 e. The number of fused-ring (bicyclic) bond motifs is 3. The maximum atomic E-state index is 12.4. The van der Waals surface area contributed by atoms with Gasteiger partial charge >= 0.3 is 5.97 Å². The number of nitrogens with one attached hydrogen (secondary N) is 1. The molecule has 162 valence electrons. The van der Waals surface area contributed by atoms with E-state index in [2.05, 4.69) is 16.0 Å². The average Bonchev–Trinajstić information content (AvgIpc) is 3.08. The van der Waals surface area contributed by atoms with E-state index < -0.39 is 0 Å². The van der Waals surface area contributed by atoms with Crippen LogP contribution in [0.15, 0.2) is 54.6 Å². The highest BCUT2D eigenvalue weighted by molar-refractivity contribution is 5.87. The first-order valence-corrected chi connectivity index (χ1v) is 10.8. The number of para-hydroxylation sites is 1. The molecule has 3 aromatic rings. The molecule has 1 atom stereocenters. The Morgan fingerprint density at radius 1 is 1.10 bits per heavy atom. The summed E-state index contributed by atoms with van der Waals surface area (Å²) in [6.07, 6.45) is 2.38. The van der Waals surface area contributed by atoms with E-state index in [1.165, 1.54) is 11.3 Å². The maximum Gasteiger partial charge on any atom is 0.325 e. The van der Waals surface area contributed by atoms with Gasteiger partial charge < -0.3 is 19.4 Å². The summed E-state index contributed by atoms with van der Waals surface area (Å²) >= 11 is 0. The first kappa shape index (κ1) is 21.1. The van der Waals surface area contributed by atoms with Gasteiger partial charge in [-0.15, -0.1) is 0 Å². The van der Waals surface area contributed by atoms with Gasteiger partial charge in [0.05, 0.1) is 13.2 Å². The van der Waals surface area contributed by atoms with Gasteiger partial charge in [-0.25, -0.2) is 0 Å². The Morgan fingerprint density at radius 2 is 1.87 bits per heavy atom. The summed E-state index contributed by atoms with van der Waals surface area (Å²) in [6.45, 7) is 2.87. The number of benzene rings is 2. The summed E-state index contributed by atoms with van der Waals surface area (Å²) in [5.41, 5.74) is 4.47. The Bertz CT molecular complexity index is 1060. The summed E-state index contributed by atoms with van der Waals surface area (Å²) in [5.74, 6) is -0.323. The predicted octanol–water partition coefficient (Wildman–Crippen LogP) is 3.39. The fourth-order valence-electron chi connectivity index (χ4n) is 4.35. The first-order valence-electron chi connectivity index (χ1n) is 10.8. The molecule has 0 radical (unpaired) electrons. The fraction of sp³-hybridized carbons (Fsp3) is 0.360. The molecule has 0 fully saturated rings. The zero-order valence-corrected chi connectivity index (χ0v) is 17.8. The smallest absolute Gasteiger partial charge is 0.325 e. The second-order valence-electron chi connectivity index (χ2n) is 7.82. The van der Waals surface area contributed by atoms with E-state index in [1.54, 1.807) is 0 Å². The van der Waals surface area contributed by atoms with Crippen LogP contribution in [0.4, 0.5) is 0 Å². The summed E-state index contributed by atoms with van der Waals surface area (Å²) in [7, 11) is 0. The van der Waals surface area contributed by atoms with Gasteiger partial charge in [0.1, 0.15) is 13.2 Å². The third-order valence-corrected chi connectivity index (χ3v) is 5.68. The highest BCUT2D eigenvalue weighted by Crippen LogP contribution is 2.32. The van der Waals surface area contributed by atoms with E-state index in [1.807, 2.05) is 55.5 Å². The summed E-state index contributed by atoms with van der Waals surface area (Å²) in [5, 5.41) is 4.26. The molecule has 0 saturated heterocycles. The Hall–Kier alpha value is -3.12. The summed E-state index contributed by atoms with van der Waals surface area (Å²) < 4.78 is 12.8. The zero-order valence-electron chi connectivity index (χ0n) is 17.8. The number of aromatic nitrogens is 1. The molecule has 4 rings (SSSR count). The number of carbonyl (C=O) groups is 2. The largest absolute Gasteiger partial charge is 0.465 e. The SMILES string of the molecule is CCOC(=O)Cn1c2c(c3ccccc31)C[C@@H](NC(=O)COCc1ccccc1)CC2. The number of nitrogens with zero attached hydrogens (tertiary/aromatic N) is 1. The second kappa shape index (κ2) is 9.79. The van der Waals surface area contributed by atoms with Gasteiger partial charge in [0.25, 0.3) is 0 Å². The average molecular weight is 421 g/mol. The van der Waals surface area contributed by atoms with E-state index in [0.717, 1.165) is 35.7 Å². The van der Waals surface area contributed by atoms with Crippen molar-refractivity contribution in [3.05, 3.63) is 71.4 Å². The van der Waals surface area contributed by atoms with Crippen molar-refractivity contribution in [1.82, 2.24) is 9.88 Å². The molecule has 1 aliphatic carbocycles. The third kappa shape index (κ3) is 4.97. The molecule has 1 heterocycles. The Balaban J connectivity index is 1.41. The van der Waals surface area contributed by atoms with Crippen LogP contribution in [0, 0.1) is 0 Å². The van der Waals surface area contributed by atoms with Crippen molar-refractivity contribution < 1.29 is 19.1 Å². The fourth-order valence-corrected chi connectivity index (χ4v) is 4.35. The van der Waals surface area contributed by atoms with E-state index in [4.69, 9.17) is 9.47 Å². The molecule has 1 aromatic heterocycles. The van der Waals surface area contributed by atoms with Gasteiger partial charge in [0.2, 0.25) is 5.91 Å². The molecule has 1 aliphatic rings. The van der Waals surface area contributed by atoms with Gasteiger partial charge in [-0.3, -0.25) is 9.59 Å². The van der Waals surface area contributed by atoms with Gasteiger partial charge in [0, 0.05) is 22.6 Å². The van der Waals surface area contributed by atoms with Crippen molar-refractivity contribution >= 4 is 22.8 Å². The summed E-state index contributed by atoms with van der Waals surface area (Å²) in [6, 6.07) is 18.0. The Morgan fingerprint density at radius 3 is 2.68 bits per heavy atom. The molecule has 1 N–H and O–H groups in total. The minimum absolute atomic E-state index is 0.0445. The van der Waals surface area contributed by atoms with Crippen LogP contribution >= 0.6 is 0 Å². The van der Waals surface area contributed by atoms with Crippen LogP contribution in [0.3, 0.4) is 0 Å². The van der Waals surface area contributed by atoms with Crippen molar-refractivity contribution in [2.75, 3.05) is 13.2 Å². The highest BCUT2D eigenvalue weighted by Gasteiger charge is 2.27. The molecule has 0 spiro atoms. The molecule has 31 heavy (non-hydrogen) atoms. The number of hydrogen-bond acceptors (Lipinski definition) is 4. The van der Waals surface area contributed by atoms with Crippen LogP contribution in [0.2, 0.25) is 0 Å². The van der Waals surface area contributed by atoms with Crippen LogP contribution < -0.4 is 5.32 Å². The zero-order chi connectivity index (χ0) is 21.6. The monoisotopic (exact) mass is 420 g/mol. The van der Waals surface area contributed by atoms with Crippen molar-refractivity contribution in [2.45, 2.75) is 45.4 Å². The lowest BCUT2D eigenvalue weighted by atomic mass is 9.91.